The van der Waals surface area contributed by atoms with Gasteiger partial charge in [-0.1, -0.05) is 50.2 Å². The summed E-state index contributed by atoms with van der Waals surface area (Å²) in [5, 5.41) is 0. The van der Waals surface area contributed by atoms with Gasteiger partial charge < -0.3 is 14.4 Å². The van der Waals surface area contributed by atoms with E-state index in [4.69, 9.17) is 9.47 Å². The zero-order valence-corrected chi connectivity index (χ0v) is 17.6. The van der Waals surface area contributed by atoms with Crippen molar-refractivity contribution in [1.29, 1.82) is 0 Å². The van der Waals surface area contributed by atoms with E-state index >= 15 is 0 Å². The van der Waals surface area contributed by atoms with Gasteiger partial charge in [-0.25, -0.2) is 4.79 Å². The number of fused-ring (bicyclic) bond motifs is 1. The molecule has 3 rings (SSSR count). The fourth-order valence-corrected chi connectivity index (χ4v) is 3.44. The molecule has 1 aliphatic heterocycles. The number of nitrogens with zero attached hydrogens (tertiary/aromatic N) is 1. The Balaban J connectivity index is 1.92. The van der Waals surface area contributed by atoms with Crippen LogP contribution in [0.2, 0.25) is 0 Å². The van der Waals surface area contributed by atoms with Crippen molar-refractivity contribution in [3.05, 3.63) is 65.2 Å². The number of carbonyl (C=O) groups is 1. The average molecular weight is 382 g/mol. The summed E-state index contributed by atoms with van der Waals surface area (Å²) >= 11 is 0. The van der Waals surface area contributed by atoms with Crippen molar-refractivity contribution < 1.29 is 14.3 Å². The highest BCUT2D eigenvalue weighted by Gasteiger charge is 2.32. The summed E-state index contributed by atoms with van der Waals surface area (Å²) in [5.74, 6) is 1.44. The molecule has 0 bridgehead atoms. The molecule has 0 spiro atoms. The molecule has 0 saturated carbocycles. The van der Waals surface area contributed by atoms with Crippen molar-refractivity contribution in [3.63, 3.8) is 0 Å². The summed E-state index contributed by atoms with van der Waals surface area (Å²) in [6, 6.07) is 16.6. The van der Waals surface area contributed by atoms with E-state index in [1.165, 1.54) is 11.1 Å². The van der Waals surface area contributed by atoms with Gasteiger partial charge in [-0.05, 0) is 55.5 Å². The average Bonchev–Trinajstić information content (AvgIpc) is 2.64. The minimum atomic E-state index is -0.512. The van der Waals surface area contributed by atoms with Gasteiger partial charge in [0.05, 0.1) is 6.61 Å². The highest BCUT2D eigenvalue weighted by atomic mass is 16.6. The summed E-state index contributed by atoms with van der Waals surface area (Å²) < 4.78 is 11.6. The summed E-state index contributed by atoms with van der Waals surface area (Å²) in [4.78, 5) is 14.6. The van der Waals surface area contributed by atoms with E-state index in [1.54, 1.807) is 4.90 Å². The smallest absolute Gasteiger partial charge is 0.410 e. The zero-order chi connectivity index (χ0) is 20.3. The fourth-order valence-electron chi connectivity index (χ4n) is 3.44. The lowest BCUT2D eigenvalue weighted by Gasteiger charge is -2.36. The van der Waals surface area contributed by atoms with Crippen LogP contribution >= 0.6 is 0 Å². The Morgan fingerprint density at radius 1 is 1.14 bits per heavy atom. The van der Waals surface area contributed by atoms with E-state index in [-0.39, 0.29) is 12.0 Å². The lowest BCUT2D eigenvalue weighted by molar-refractivity contribution is 0.0213. The van der Waals surface area contributed by atoms with Crippen LogP contribution in [0.5, 0.6) is 5.75 Å². The topological polar surface area (TPSA) is 38.8 Å². The Kier molecular flexibility index (Phi) is 5.97. The molecule has 0 radical (unpaired) electrons. The lowest BCUT2D eigenvalue weighted by Crippen LogP contribution is -2.41. The van der Waals surface area contributed by atoms with Gasteiger partial charge in [0.25, 0.3) is 0 Å². The van der Waals surface area contributed by atoms with E-state index in [2.05, 4.69) is 38.1 Å². The number of hydrogen-bond acceptors (Lipinski definition) is 3. The summed E-state index contributed by atoms with van der Waals surface area (Å²) in [6.07, 6.45) is -0.271. The van der Waals surface area contributed by atoms with Crippen LogP contribution in [0.15, 0.2) is 48.5 Å². The minimum absolute atomic E-state index is 0.122. The van der Waals surface area contributed by atoms with E-state index < -0.39 is 5.60 Å². The van der Waals surface area contributed by atoms with Crippen LogP contribution in [0.4, 0.5) is 4.79 Å². The Hall–Kier alpha value is -2.49. The zero-order valence-electron chi connectivity index (χ0n) is 17.6. The summed E-state index contributed by atoms with van der Waals surface area (Å²) in [7, 11) is 0. The van der Waals surface area contributed by atoms with E-state index in [0.717, 1.165) is 11.3 Å². The maximum Gasteiger partial charge on any atom is 0.410 e. The molecule has 4 heteroatoms. The second kappa shape index (κ2) is 8.26. The first-order valence-electron chi connectivity index (χ1n) is 10.0. The normalized spacial score (nSPS) is 16.6. The molecule has 1 aliphatic rings. The molecular weight excluding hydrogens is 350 g/mol. The largest absolute Gasteiger partial charge is 0.493 e. The van der Waals surface area contributed by atoms with Crippen LogP contribution in [0.3, 0.4) is 0 Å². The van der Waals surface area contributed by atoms with Crippen molar-refractivity contribution in [2.75, 3.05) is 13.2 Å². The van der Waals surface area contributed by atoms with E-state index in [0.29, 0.717) is 25.6 Å². The van der Waals surface area contributed by atoms with Crippen LogP contribution in [0.1, 0.15) is 57.2 Å². The third kappa shape index (κ3) is 5.06. The second-order valence-corrected chi connectivity index (χ2v) is 8.89. The highest BCUT2D eigenvalue weighted by molar-refractivity contribution is 5.69. The molecule has 1 atom stereocenters. The first kappa shape index (κ1) is 20.2. The number of benzene rings is 2. The van der Waals surface area contributed by atoms with Gasteiger partial charge in [0, 0.05) is 19.0 Å². The van der Waals surface area contributed by atoms with Gasteiger partial charge in [-0.2, -0.15) is 0 Å². The molecule has 1 unspecified atom stereocenters. The number of rotatable bonds is 4. The summed E-state index contributed by atoms with van der Waals surface area (Å²) in [5.41, 5.74) is 3.06. The molecule has 1 amide bonds. The Morgan fingerprint density at radius 3 is 2.50 bits per heavy atom. The quantitative estimate of drug-likeness (QED) is 0.691. The molecule has 0 aromatic heterocycles. The van der Waals surface area contributed by atoms with Gasteiger partial charge in [0.15, 0.2) is 0 Å². The van der Waals surface area contributed by atoms with Crippen molar-refractivity contribution >= 4 is 6.09 Å². The standard InChI is InChI=1S/C24H31NO3/c1-17(2)16-27-20-11-12-21-19(13-20)14-25(23(26)28-24(3,4)5)15-22(21)18-9-7-6-8-10-18/h6-13,17,22H,14-16H2,1-5H3. The fraction of sp³-hybridized carbons (Fsp3) is 0.458. The lowest BCUT2D eigenvalue weighted by atomic mass is 9.84. The molecular formula is C24H31NO3. The Morgan fingerprint density at radius 2 is 1.86 bits per heavy atom. The van der Waals surface area contributed by atoms with Crippen LogP contribution in [0, 0.1) is 5.92 Å². The van der Waals surface area contributed by atoms with Gasteiger partial charge in [0.1, 0.15) is 11.4 Å². The van der Waals surface area contributed by atoms with Crippen LogP contribution in [0.25, 0.3) is 0 Å². The summed E-state index contributed by atoms with van der Waals surface area (Å²) in [6.45, 7) is 11.8. The molecule has 0 saturated heterocycles. The SMILES string of the molecule is CC(C)COc1ccc2c(c1)CN(C(=O)OC(C)(C)C)CC2c1ccccc1. The molecule has 28 heavy (non-hydrogen) atoms. The van der Waals surface area contributed by atoms with Gasteiger partial charge >= 0.3 is 6.09 Å². The number of ether oxygens (including phenoxy) is 2. The van der Waals surface area contributed by atoms with Gasteiger partial charge in [0.2, 0.25) is 0 Å². The number of amides is 1. The van der Waals surface area contributed by atoms with E-state index in [1.807, 2.05) is 45.0 Å². The Bertz CT molecular complexity index is 808. The van der Waals surface area contributed by atoms with Crippen molar-refractivity contribution in [1.82, 2.24) is 4.90 Å². The third-order valence-electron chi connectivity index (χ3n) is 4.69. The molecule has 0 aliphatic carbocycles. The van der Waals surface area contributed by atoms with Crippen molar-refractivity contribution in [2.45, 2.75) is 52.7 Å². The molecule has 4 nitrogen and oxygen atoms in total. The Labute approximate surface area is 168 Å². The van der Waals surface area contributed by atoms with Crippen LogP contribution < -0.4 is 4.74 Å². The molecule has 0 fully saturated rings. The first-order valence-corrected chi connectivity index (χ1v) is 10.0. The second-order valence-electron chi connectivity index (χ2n) is 8.89. The minimum Gasteiger partial charge on any atom is -0.493 e. The monoisotopic (exact) mass is 381 g/mol. The molecule has 2 aromatic rings. The van der Waals surface area contributed by atoms with Gasteiger partial charge in [-0.3, -0.25) is 0 Å². The van der Waals surface area contributed by atoms with Gasteiger partial charge in [-0.15, -0.1) is 0 Å². The van der Waals surface area contributed by atoms with Crippen LogP contribution in [-0.4, -0.2) is 29.7 Å². The predicted molar refractivity (Wildman–Crippen MR) is 112 cm³/mol. The van der Waals surface area contributed by atoms with Crippen molar-refractivity contribution in [2.24, 2.45) is 5.92 Å². The first-order chi connectivity index (χ1) is 13.2. The van der Waals surface area contributed by atoms with Crippen LogP contribution in [-0.2, 0) is 11.3 Å². The molecule has 0 N–H and O–H groups in total. The molecule has 1 heterocycles. The predicted octanol–water partition coefficient (Wildman–Crippen LogP) is 5.60. The maximum absolute atomic E-state index is 12.8. The van der Waals surface area contributed by atoms with E-state index in [9.17, 15) is 4.79 Å². The molecule has 2 aromatic carbocycles. The van der Waals surface area contributed by atoms with Crippen molar-refractivity contribution in [3.8, 4) is 5.75 Å². The number of hydrogen-bond donors (Lipinski definition) is 0. The number of carbonyl (C=O) groups excluding carboxylic acids is 1. The maximum atomic E-state index is 12.8. The third-order valence-corrected chi connectivity index (χ3v) is 4.69. The highest BCUT2D eigenvalue weighted by Crippen LogP contribution is 2.36. The molecule has 150 valence electrons.